The molecule has 1 aromatic rings. The lowest BCUT2D eigenvalue weighted by Crippen LogP contribution is -2.34. The zero-order valence-corrected chi connectivity index (χ0v) is 13.8. The van der Waals surface area contributed by atoms with E-state index in [1.54, 1.807) is 6.07 Å². The normalized spacial score (nSPS) is 20.8. The third-order valence-corrected chi connectivity index (χ3v) is 5.54. The Kier molecular flexibility index (Phi) is 5.52. The van der Waals surface area contributed by atoms with E-state index in [1.807, 2.05) is 6.92 Å². The van der Waals surface area contributed by atoms with Crippen molar-refractivity contribution < 1.29 is 26.3 Å². The van der Waals surface area contributed by atoms with E-state index in [0.29, 0.717) is 6.42 Å². The second-order valence-corrected chi connectivity index (χ2v) is 7.58. The molecule has 5 nitrogen and oxygen atoms in total. The van der Waals surface area contributed by atoms with Gasteiger partial charge in [-0.05, 0) is 25.0 Å². The number of halogens is 3. The standard InChI is InChI=1S/C15H17F3N2O3S/c1-11-14(23-11)5-7-20(8-6-19)24(21,22)10-12-3-2-4-13(9-12)15(16,17)18/h2-4,9,11,14H,5,7-8,10H2,1H3. The second-order valence-electron chi connectivity index (χ2n) is 5.61. The van der Waals surface area contributed by atoms with Gasteiger partial charge in [0.15, 0.2) is 0 Å². The average molecular weight is 362 g/mol. The van der Waals surface area contributed by atoms with Crippen LogP contribution in [0.2, 0.25) is 0 Å². The fourth-order valence-electron chi connectivity index (χ4n) is 2.34. The van der Waals surface area contributed by atoms with Crippen LogP contribution in [0.5, 0.6) is 0 Å². The molecule has 1 aromatic carbocycles. The molecule has 2 unspecified atom stereocenters. The van der Waals surface area contributed by atoms with Gasteiger partial charge in [-0.3, -0.25) is 0 Å². The molecule has 0 amide bonds. The molecule has 9 heteroatoms. The first-order chi connectivity index (χ1) is 11.1. The van der Waals surface area contributed by atoms with Crippen molar-refractivity contribution in [3.8, 4) is 6.07 Å². The average Bonchev–Trinajstić information content (AvgIpc) is 3.18. The van der Waals surface area contributed by atoms with Crippen molar-refractivity contribution >= 4 is 10.0 Å². The number of nitrogens with zero attached hydrogens (tertiary/aromatic N) is 2. The number of rotatable bonds is 7. The molecule has 1 heterocycles. The summed E-state index contributed by atoms with van der Waals surface area (Å²) in [6.45, 7) is 1.61. The molecule has 1 aliphatic rings. The fourth-order valence-corrected chi connectivity index (χ4v) is 3.76. The molecule has 0 aliphatic carbocycles. The summed E-state index contributed by atoms with van der Waals surface area (Å²) in [5, 5.41) is 8.81. The Labute approximate surface area is 138 Å². The predicted octanol–water partition coefficient (Wildman–Crippen LogP) is 2.54. The Balaban J connectivity index is 2.11. The van der Waals surface area contributed by atoms with Gasteiger partial charge in [-0.15, -0.1) is 0 Å². The highest BCUT2D eigenvalue weighted by atomic mass is 32.2. The van der Waals surface area contributed by atoms with Gasteiger partial charge in [0.1, 0.15) is 6.54 Å². The maximum atomic E-state index is 12.7. The summed E-state index contributed by atoms with van der Waals surface area (Å²) >= 11 is 0. The van der Waals surface area contributed by atoms with Crippen molar-refractivity contribution in [2.45, 2.75) is 37.5 Å². The smallest absolute Gasteiger partial charge is 0.370 e. The monoisotopic (exact) mass is 362 g/mol. The molecule has 1 saturated heterocycles. The summed E-state index contributed by atoms with van der Waals surface area (Å²) in [5.41, 5.74) is -0.869. The van der Waals surface area contributed by atoms with Crippen molar-refractivity contribution in [1.82, 2.24) is 4.31 Å². The fraction of sp³-hybridized carbons (Fsp3) is 0.533. The van der Waals surface area contributed by atoms with Crippen LogP contribution in [0.3, 0.4) is 0 Å². The Hall–Kier alpha value is -1.63. The Bertz CT molecular complexity index is 728. The maximum absolute atomic E-state index is 12.7. The van der Waals surface area contributed by atoms with Crippen molar-refractivity contribution in [3.63, 3.8) is 0 Å². The van der Waals surface area contributed by atoms with Crippen LogP contribution in [0.15, 0.2) is 24.3 Å². The summed E-state index contributed by atoms with van der Waals surface area (Å²) in [6.07, 6.45) is -4.05. The molecule has 2 rings (SSSR count). The van der Waals surface area contributed by atoms with Gasteiger partial charge in [-0.2, -0.15) is 22.7 Å². The third-order valence-electron chi connectivity index (χ3n) is 3.74. The lowest BCUT2D eigenvalue weighted by atomic mass is 10.1. The van der Waals surface area contributed by atoms with E-state index in [9.17, 15) is 21.6 Å². The Morgan fingerprint density at radius 2 is 2.04 bits per heavy atom. The van der Waals surface area contributed by atoms with Crippen molar-refractivity contribution in [2.24, 2.45) is 0 Å². The van der Waals surface area contributed by atoms with Crippen LogP contribution in [-0.2, 0) is 26.7 Å². The zero-order chi connectivity index (χ0) is 18.0. The largest absolute Gasteiger partial charge is 0.416 e. The first kappa shape index (κ1) is 18.7. The van der Waals surface area contributed by atoms with E-state index >= 15 is 0 Å². The summed E-state index contributed by atoms with van der Waals surface area (Å²) in [5.74, 6) is -0.584. The first-order valence-electron chi connectivity index (χ1n) is 7.30. The number of alkyl halides is 3. The SMILES string of the molecule is CC1OC1CCN(CC#N)S(=O)(=O)Cc1cccc(C(F)(F)F)c1. The van der Waals surface area contributed by atoms with E-state index in [4.69, 9.17) is 10.00 Å². The molecule has 0 N–H and O–H groups in total. The van der Waals surface area contributed by atoms with Crippen LogP contribution in [0, 0.1) is 11.3 Å². The molecule has 0 aromatic heterocycles. The van der Waals surface area contributed by atoms with E-state index in [-0.39, 0.29) is 30.9 Å². The molecule has 132 valence electrons. The quantitative estimate of drug-likeness (QED) is 0.552. The van der Waals surface area contributed by atoms with Gasteiger partial charge in [0, 0.05) is 6.54 Å². The lowest BCUT2D eigenvalue weighted by Gasteiger charge is -2.19. The van der Waals surface area contributed by atoms with E-state index in [1.165, 1.54) is 12.1 Å². The number of epoxide rings is 1. The van der Waals surface area contributed by atoms with Gasteiger partial charge >= 0.3 is 6.18 Å². The molecular formula is C15H17F3N2O3S. The van der Waals surface area contributed by atoms with Crippen molar-refractivity contribution in [3.05, 3.63) is 35.4 Å². The van der Waals surface area contributed by atoms with Gasteiger partial charge in [-0.1, -0.05) is 18.2 Å². The summed E-state index contributed by atoms with van der Waals surface area (Å²) in [6, 6.07) is 5.97. The maximum Gasteiger partial charge on any atom is 0.416 e. The molecule has 0 spiro atoms. The van der Waals surface area contributed by atoms with Crippen LogP contribution < -0.4 is 0 Å². The topological polar surface area (TPSA) is 73.7 Å². The van der Waals surface area contributed by atoms with E-state index < -0.39 is 27.5 Å². The highest BCUT2D eigenvalue weighted by Gasteiger charge is 2.35. The number of hydrogen-bond acceptors (Lipinski definition) is 4. The molecule has 1 fully saturated rings. The molecule has 1 aliphatic heterocycles. The molecule has 24 heavy (non-hydrogen) atoms. The van der Waals surface area contributed by atoms with Gasteiger partial charge in [0.2, 0.25) is 10.0 Å². The van der Waals surface area contributed by atoms with Gasteiger partial charge < -0.3 is 4.74 Å². The van der Waals surface area contributed by atoms with Crippen LogP contribution in [-0.4, -0.2) is 38.0 Å². The number of hydrogen-bond donors (Lipinski definition) is 0. The highest BCUT2D eigenvalue weighted by Crippen LogP contribution is 2.30. The van der Waals surface area contributed by atoms with Crippen molar-refractivity contribution in [1.29, 1.82) is 5.26 Å². The number of sulfonamides is 1. The summed E-state index contributed by atoms with van der Waals surface area (Å²) < 4.78 is 69.2. The van der Waals surface area contributed by atoms with Crippen LogP contribution >= 0.6 is 0 Å². The molecular weight excluding hydrogens is 345 g/mol. The Morgan fingerprint density at radius 1 is 1.38 bits per heavy atom. The summed E-state index contributed by atoms with van der Waals surface area (Å²) in [7, 11) is -3.90. The second kappa shape index (κ2) is 7.09. The minimum Gasteiger partial charge on any atom is -0.370 e. The van der Waals surface area contributed by atoms with Crippen LogP contribution in [0.25, 0.3) is 0 Å². The van der Waals surface area contributed by atoms with Gasteiger partial charge in [0.05, 0.1) is 29.6 Å². The summed E-state index contributed by atoms with van der Waals surface area (Å²) in [4.78, 5) is 0. The molecule has 0 saturated carbocycles. The van der Waals surface area contributed by atoms with E-state index in [2.05, 4.69) is 0 Å². The lowest BCUT2D eigenvalue weighted by molar-refractivity contribution is -0.137. The van der Waals surface area contributed by atoms with Gasteiger partial charge in [0.25, 0.3) is 0 Å². The highest BCUT2D eigenvalue weighted by molar-refractivity contribution is 7.88. The number of ether oxygens (including phenoxy) is 1. The van der Waals surface area contributed by atoms with Crippen LogP contribution in [0.1, 0.15) is 24.5 Å². The predicted molar refractivity (Wildman–Crippen MR) is 80.2 cm³/mol. The molecule has 2 atom stereocenters. The molecule has 0 radical (unpaired) electrons. The minimum absolute atomic E-state index is 0.0313. The minimum atomic E-state index is -4.54. The Morgan fingerprint density at radius 3 is 2.58 bits per heavy atom. The van der Waals surface area contributed by atoms with E-state index in [0.717, 1.165) is 16.4 Å². The zero-order valence-electron chi connectivity index (χ0n) is 13.0. The first-order valence-corrected chi connectivity index (χ1v) is 8.91. The third kappa shape index (κ3) is 4.93. The van der Waals surface area contributed by atoms with Crippen LogP contribution in [0.4, 0.5) is 13.2 Å². The van der Waals surface area contributed by atoms with Gasteiger partial charge in [-0.25, -0.2) is 8.42 Å². The number of benzene rings is 1. The molecule has 0 bridgehead atoms. The number of nitriles is 1. The van der Waals surface area contributed by atoms with Crippen molar-refractivity contribution in [2.75, 3.05) is 13.1 Å².